The summed E-state index contributed by atoms with van der Waals surface area (Å²) in [7, 11) is 0. The second-order valence-electron chi connectivity index (χ2n) is 5.59. The first-order valence-corrected chi connectivity index (χ1v) is 7.86. The van der Waals surface area contributed by atoms with E-state index in [9.17, 15) is 0 Å². The Bertz CT molecular complexity index is 611. The van der Waals surface area contributed by atoms with Gasteiger partial charge in [-0.2, -0.15) is 0 Å². The third-order valence-corrected chi connectivity index (χ3v) is 4.57. The van der Waals surface area contributed by atoms with Gasteiger partial charge in [-0.1, -0.05) is 0 Å². The fourth-order valence-electron chi connectivity index (χ4n) is 3.03. The molecule has 1 N–H and O–H groups in total. The molecule has 3 heterocycles. The molecule has 100 valence electrons. The molecule has 19 heavy (non-hydrogen) atoms. The monoisotopic (exact) mass is 320 g/mol. The summed E-state index contributed by atoms with van der Waals surface area (Å²) >= 11 is 3.49. The standard InChI is InChI=1S/C14H17BrN4/c15-10-7-12-14(17-8-10)19(11-3-5-16-6-4-11)13(18-12)9-1-2-9/h7-9,11,16H,1-6H2. The van der Waals surface area contributed by atoms with Crippen LogP contribution in [0.15, 0.2) is 16.7 Å². The highest BCUT2D eigenvalue weighted by molar-refractivity contribution is 9.10. The number of nitrogens with one attached hydrogen (secondary N) is 1. The number of imidazole rings is 1. The second kappa shape index (κ2) is 4.56. The molecular weight excluding hydrogens is 304 g/mol. The largest absolute Gasteiger partial charge is 0.317 e. The van der Waals surface area contributed by atoms with Crippen molar-refractivity contribution in [2.75, 3.05) is 13.1 Å². The Morgan fingerprint density at radius 2 is 2.00 bits per heavy atom. The van der Waals surface area contributed by atoms with Crippen molar-refractivity contribution in [2.24, 2.45) is 0 Å². The molecule has 5 heteroatoms. The number of pyridine rings is 1. The fourth-order valence-corrected chi connectivity index (χ4v) is 3.35. The van der Waals surface area contributed by atoms with E-state index in [4.69, 9.17) is 4.98 Å². The Morgan fingerprint density at radius 1 is 1.21 bits per heavy atom. The molecule has 0 atom stereocenters. The van der Waals surface area contributed by atoms with Crippen LogP contribution in [0, 0.1) is 0 Å². The quantitative estimate of drug-likeness (QED) is 0.925. The van der Waals surface area contributed by atoms with Crippen LogP contribution >= 0.6 is 15.9 Å². The van der Waals surface area contributed by atoms with Gasteiger partial charge < -0.3 is 9.88 Å². The minimum absolute atomic E-state index is 0.565. The average molecular weight is 321 g/mol. The first kappa shape index (κ1) is 11.9. The molecule has 1 aliphatic carbocycles. The van der Waals surface area contributed by atoms with Crippen molar-refractivity contribution >= 4 is 27.1 Å². The average Bonchev–Trinajstić information content (AvgIpc) is 3.21. The van der Waals surface area contributed by atoms with Gasteiger partial charge in [0.25, 0.3) is 0 Å². The molecule has 0 amide bonds. The number of halogens is 1. The summed E-state index contributed by atoms with van der Waals surface area (Å²) in [5.41, 5.74) is 2.10. The first-order valence-electron chi connectivity index (χ1n) is 7.07. The molecule has 0 spiro atoms. The van der Waals surface area contributed by atoms with Gasteiger partial charge in [0.15, 0.2) is 5.65 Å². The minimum atomic E-state index is 0.565. The highest BCUT2D eigenvalue weighted by Crippen LogP contribution is 2.42. The van der Waals surface area contributed by atoms with Crippen molar-refractivity contribution < 1.29 is 0 Å². The molecule has 0 aromatic carbocycles. The van der Waals surface area contributed by atoms with E-state index in [0.29, 0.717) is 12.0 Å². The van der Waals surface area contributed by atoms with Gasteiger partial charge in [0.1, 0.15) is 11.3 Å². The molecule has 0 bridgehead atoms. The molecule has 1 saturated heterocycles. The Balaban J connectivity index is 1.87. The van der Waals surface area contributed by atoms with E-state index in [0.717, 1.165) is 28.7 Å². The predicted molar refractivity (Wildman–Crippen MR) is 78.3 cm³/mol. The van der Waals surface area contributed by atoms with Crippen LogP contribution in [-0.4, -0.2) is 27.6 Å². The summed E-state index contributed by atoms with van der Waals surface area (Å²) in [5, 5.41) is 3.44. The van der Waals surface area contributed by atoms with Crippen molar-refractivity contribution in [1.82, 2.24) is 19.9 Å². The third kappa shape index (κ3) is 2.09. The van der Waals surface area contributed by atoms with Crippen LogP contribution in [0.2, 0.25) is 0 Å². The molecule has 0 unspecified atom stereocenters. The van der Waals surface area contributed by atoms with Crippen LogP contribution < -0.4 is 5.32 Å². The number of fused-ring (bicyclic) bond motifs is 1. The molecule has 0 radical (unpaired) electrons. The highest BCUT2D eigenvalue weighted by Gasteiger charge is 2.32. The van der Waals surface area contributed by atoms with Crippen LogP contribution in [0.1, 0.15) is 43.5 Å². The Hall–Kier alpha value is -0.940. The van der Waals surface area contributed by atoms with E-state index in [1.807, 2.05) is 6.20 Å². The predicted octanol–water partition coefficient (Wildman–Crippen LogP) is 3.00. The zero-order valence-corrected chi connectivity index (χ0v) is 12.4. The summed E-state index contributed by atoms with van der Waals surface area (Å²) in [6.45, 7) is 2.20. The summed E-state index contributed by atoms with van der Waals surface area (Å²) in [6.07, 6.45) is 6.83. The van der Waals surface area contributed by atoms with Gasteiger partial charge in [-0.15, -0.1) is 0 Å². The molecule has 1 saturated carbocycles. The van der Waals surface area contributed by atoms with Crippen LogP contribution in [0.25, 0.3) is 11.2 Å². The number of piperidine rings is 1. The first-order chi connectivity index (χ1) is 9.33. The minimum Gasteiger partial charge on any atom is -0.317 e. The lowest BCUT2D eigenvalue weighted by molar-refractivity contribution is 0.366. The van der Waals surface area contributed by atoms with Crippen molar-refractivity contribution in [1.29, 1.82) is 0 Å². The third-order valence-electron chi connectivity index (χ3n) is 4.14. The molecule has 4 rings (SSSR count). The van der Waals surface area contributed by atoms with E-state index in [2.05, 4.69) is 36.9 Å². The van der Waals surface area contributed by atoms with E-state index in [1.165, 1.54) is 31.5 Å². The van der Waals surface area contributed by atoms with Crippen LogP contribution in [0.5, 0.6) is 0 Å². The highest BCUT2D eigenvalue weighted by atomic mass is 79.9. The maximum absolute atomic E-state index is 4.86. The summed E-state index contributed by atoms with van der Waals surface area (Å²) in [5.74, 6) is 1.94. The zero-order chi connectivity index (χ0) is 12.8. The molecule has 1 aliphatic heterocycles. The van der Waals surface area contributed by atoms with Crippen molar-refractivity contribution in [2.45, 2.75) is 37.6 Å². The van der Waals surface area contributed by atoms with Crippen LogP contribution in [0.3, 0.4) is 0 Å². The Labute approximate surface area is 120 Å². The van der Waals surface area contributed by atoms with Crippen molar-refractivity contribution in [3.8, 4) is 0 Å². The number of hydrogen-bond acceptors (Lipinski definition) is 3. The molecule has 2 aliphatic rings. The van der Waals surface area contributed by atoms with Crippen molar-refractivity contribution in [3.05, 3.63) is 22.6 Å². The molecule has 2 fully saturated rings. The number of hydrogen-bond donors (Lipinski definition) is 1. The van der Waals surface area contributed by atoms with E-state index in [1.54, 1.807) is 0 Å². The van der Waals surface area contributed by atoms with Gasteiger partial charge in [-0.3, -0.25) is 0 Å². The maximum atomic E-state index is 4.86. The fraction of sp³-hybridized carbons (Fsp3) is 0.571. The van der Waals surface area contributed by atoms with Gasteiger partial charge in [-0.05, 0) is 60.8 Å². The van der Waals surface area contributed by atoms with Crippen LogP contribution in [0.4, 0.5) is 0 Å². The molecule has 2 aromatic heterocycles. The summed E-state index contributed by atoms with van der Waals surface area (Å²) < 4.78 is 3.44. The lowest BCUT2D eigenvalue weighted by Gasteiger charge is -2.25. The number of nitrogens with zero attached hydrogens (tertiary/aromatic N) is 3. The lowest BCUT2D eigenvalue weighted by Crippen LogP contribution is -2.30. The number of rotatable bonds is 2. The summed E-state index contributed by atoms with van der Waals surface area (Å²) in [4.78, 5) is 9.48. The van der Waals surface area contributed by atoms with Gasteiger partial charge in [-0.25, -0.2) is 9.97 Å². The van der Waals surface area contributed by atoms with Gasteiger partial charge in [0, 0.05) is 22.6 Å². The molecular formula is C14H17BrN4. The lowest BCUT2D eigenvalue weighted by atomic mass is 10.1. The Kier molecular flexibility index (Phi) is 2.84. The number of aromatic nitrogens is 3. The molecule has 2 aromatic rings. The SMILES string of the molecule is Brc1cnc2c(c1)nc(C1CC1)n2C1CCNCC1. The smallest absolute Gasteiger partial charge is 0.160 e. The topological polar surface area (TPSA) is 42.7 Å². The van der Waals surface area contributed by atoms with Gasteiger partial charge >= 0.3 is 0 Å². The van der Waals surface area contributed by atoms with E-state index < -0.39 is 0 Å². The van der Waals surface area contributed by atoms with Gasteiger partial charge in [0.05, 0.1) is 0 Å². The Morgan fingerprint density at radius 3 is 2.74 bits per heavy atom. The maximum Gasteiger partial charge on any atom is 0.160 e. The molecule has 4 nitrogen and oxygen atoms in total. The summed E-state index contributed by atoms with van der Waals surface area (Å²) in [6, 6.07) is 2.65. The van der Waals surface area contributed by atoms with E-state index >= 15 is 0 Å². The second-order valence-corrected chi connectivity index (χ2v) is 6.51. The normalized spacial score (nSPS) is 21.1. The van der Waals surface area contributed by atoms with Crippen LogP contribution in [-0.2, 0) is 0 Å². The zero-order valence-electron chi connectivity index (χ0n) is 10.8. The van der Waals surface area contributed by atoms with Crippen molar-refractivity contribution in [3.63, 3.8) is 0 Å². The van der Waals surface area contributed by atoms with Gasteiger partial charge in [0.2, 0.25) is 0 Å². The van der Waals surface area contributed by atoms with E-state index in [-0.39, 0.29) is 0 Å².